The Labute approximate surface area is 228 Å². The second kappa shape index (κ2) is 9.97. The molecule has 0 amide bonds. The van der Waals surface area contributed by atoms with Gasteiger partial charge in [-0.25, -0.2) is 0 Å². The zero-order valence-corrected chi connectivity index (χ0v) is 25.9. The first-order chi connectivity index (χ1) is 16.2. The largest absolute Gasteiger partial charge is 0.416 e. The number of halogens is 4. The Morgan fingerprint density at radius 1 is 1.11 bits per heavy atom. The second-order valence-corrected chi connectivity index (χ2v) is 18.5. The monoisotopic (exact) mass is 633 g/mol. The van der Waals surface area contributed by atoms with E-state index in [1.807, 2.05) is 13.8 Å². The van der Waals surface area contributed by atoms with Crippen LogP contribution in [0.25, 0.3) is 0 Å². The molecule has 0 saturated carbocycles. The summed E-state index contributed by atoms with van der Waals surface area (Å²) in [5, 5.41) is 11.5. The first-order valence-electron chi connectivity index (χ1n) is 12.5. The van der Waals surface area contributed by atoms with E-state index in [9.17, 15) is 18.3 Å². The predicted molar refractivity (Wildman–Crippen MR) is 150 cm³/mol. The Balaban J connectivity index is 2.18. The minimum Gasteiger partial charge on any atom is -0.410 e. The number of fused-ring (bicyclic) bond motifs is 1. The third kappa shape index (κ3) is 6.02. The maximum atomic E-state index is 13.1. The molecule has 0 bridgehead atoms. The number of aliphatic hydroxyl groups excluding tert-OH is 1. The summed E-state index contributed by atoms with van der Waals surface area (Å²) >= 11 is 2.30. The third-order valence-corrected chi connectivity index (χ3v) is 13.3. The maximum Gasteiger partial charge on any atom is 0.416 e. The smallest absolute Gasteiger partial charge is 0.410 e. The van der Waals surface area contributed by atoms with E-state index in [1.165, 1.54) is 12.1 Å². The lowest BCUT2D eigenvalue weighted by Gasteiger charge is -2.44. The van der Waals surface area contributed by atoms with Crippen LogP contribution in [0.1, 0.15) is 107 Å². The Morgan fingerprint density at radius 3 is 2.14 bits per heavy atom. The Kier molecular flexibility index (Phi) is 8.19. The van der Waals surface area contributed by atoms with E-state index < -0.39 is 26.2 Å². The van der Waals surface area contributed by atoms with E-state index in [0.717, 1.165) is 45.5 Å². The number of benzene rings is 1. The van der Waals surface area contributed by atoms with Gasteiger partial charge in [-0.15, -0.1) is 0 Å². The molecule has 1 N–H and O–H groups in total. The summed E-state index contributed by atoms with van der Waals surface area (Å²) in [5.41, 5.74) is 3.20. The van der Waals surface area contributed by atoms with Crippen LogP contribution < -0.4 is 0 Å². The van der Waals surface area contributed by atoms with Gasteiger partial charge in [-0.2, -0.15) is 13.2 Å². The van der Waals surface area contributed by atoms with Crippen molar-refractivity contribution in [2.75, 3.05) is 0 Å². The molecule has 0 aliphatic heterocycles. The molecule has 3 nitrogen and oxygen atoms in total. The summed E-state index contributed by atoms with van der Waals surface area (Å²) in [5.74, 6) is 0.0349. The number of rotatable bonds is 5. The van der Waals surface area contributed by atoms with E-state index in [-0.39, 0.29) is 22.5 Å². The molecule has 0 radical (unpaired) electrons. The van der Waals surface area contributed by atoms with E-state index >= 15 is 0 Å². The lowest BCUT2D eigenvalue weighted by atomic mass is 9.74. The molecule has 2 atom stereocenters. The number of alkyl halides is 3. The summed E-state index contributed by atoms with van der Waals surface area (Å²) in [6, 6.07) is 4.77. The Bertz CT molecular complexity index is 1110. The van der Waals surface area contributed by atoms with Crippen molar-refractivity contribution in [2.45, 2.75) is 104 Å². The molecule has 3 rings (SSSR count). The molecule has 2 aromatic rings. The zero-order chi connectivity index (χ0) is 27.4. The van der Waals surface area contributed by atoms with Crippen LogP contribution in [0.3, 0.4) is 0 Å². The predicted octanol–water partition coefficient (Wildman–Crippen LogP) is 8.95. The van der Waals surface area contributed by atoms with Gasteiger partial charge in [0, 0.05) is 20.4 Å². The lowest BCUT2D eigenvalue weighted by molar-refractivity contribution is -0.137. The number of hydrogen-bond donors (Lipinski definition) is 1. The van der Waals surface area contributed by atoms with Crippen molar-refractivity contribution in [1.29, 1.82) is 0 Å². The van der Waals surface area contributed by atoms with Gasteiger partial charge in [0.25, 0.3) is 0 Å². The lowest BCUT2D eigenvalue weighted by Crippen LogP contribution is -2.44. The highest BCUT2D eigenvalue weighted by Crippen LogP contribution is 2.50. The molecule has 1 aromatic heterocycles. The van der Waals surface area contributed by atoms with Crippen molar-refractivity contribution < 1.29 is 22.7 Å². The summed E-state index contributed by atoms with van der Waals surface area (Å²) in [7, 11) is -2.11. The number of aliphatic hydroxyl groups is 1. The molecule has 0 saturated heterocycles. The standard InChI is InChI=1S/C28H39F3INO2Si/c1-16(2)24-22(25(34)17-10-12-18(13-11-17)28(29,30)31)23(32)21-19(33-24)14-27(6,7)15-20(21)35-36(8,9)26(3,4)5/h10-13,16,20,25,34H,14-15H2,1-9H3/t20-,25-/m0/s1. The van der Waals surface area contributed by atoms with E-state index in [2.05, 4.69) is 70.3 Å². The topological polar surface area (TPSA) is 42.4 Å². The molecular formula is C28H39F3INO2Si. The fourth-order valence-electron chi connectivity index (χ4n) is 4.60. The van der Waals surface area contributed by atoms with Gasteiger partial charge in [0.05, 0.1) is 17.4 Å². The molecule has 200 valence electrons. The van der Waals surface area contributed by atoms with Gasteiger partial charge >= 0.3 is 6.18 Å². The molecule has 1 aromatic carbocycles. The minimum absolute atomic E-state index is 0.0118. The summed E-state index contributed by atoms with van der Waals surface area (Å²) in [6.45, 7) is 19.7. The van der Waals surface area contributed by atoms with Crippen LogP contribution in [0.4, 0.5) is 13.2 Å². The SMILES string of the molecule is CC(C)c1nc2c(c(I)c1[C@@H](O)c1ccc(C(F)(F)F)cc1)[C@@H](O[Si](C)(C)C(C)(C)C)CC(C)(C)C2. The van der Waals surface area contributed by atoms with Gasteiger partial charge in [-0.1, -0.05) is 60.6 Å². The van der Waals surface area contributed by atoms with Crippen molar-refractivity contribution in [1.82, 2.24) is 4.98 Å². The fraction of sp³-hybridized carbons (Fsp3) is 0.607. The van der Waals surface area contributed by atoms with E-state index in [1.54, 1.807) is 0 Å². The highest BCUT2D eigenvalue weighted by Gasteiger charge is 2.44. The summed E-state index contributed by atoms with van der Waals surface area (Å²) < 4.78 is 47.2. The second-order valence-electron chi connectivity index (χ2n) is 12.7. The normalized spacial score (nSPS) is 19.4. The highest BCUT2D eigenvalue weighted by atomic mass is 127. The number of hydrogen-bond acceptors (Lipinski definition) is 3. The van der Waals surface area contributed by atoms with Crippen molar-refractivity contribution in [3.63, 3.8) is 0 Å². The molecule has 1 heterocycles. The minimum atomic E-state index is -4.42. The van der Waals surface area contributed by atoms with Crippen molar-refractivity contribution in [2.24, 2.45) is 5.41 Å². The molecule has 8 heteroatoms. The molecule has 0 spiro atoms. The van der Waals surface area contributed by atoms with Crippen molar-refractivity contribution in [3.8, 4) is 0 Å². The van der Waals surface area contributed by atoms with Crippen LogP contribution in [0, 0.1) is 8.99 Å². The Morgan fingerprint density at radius 2 is 1.67 bits per heavy atom. The van der Waals surface area contributed by atoms with Gasteiger partial charge in [0.15, 0.2) is 8.32 Å². The van der Waals surface area contributed by atoms with Gasteiger partial charge in [-0.05, 0) is 82.6 Å². The molecule has 1 aliphatic rings. The number of aromatic nitrogens is 1. The maximum absolute atomic E-state index is 13.1. The quantitative estimate of drug-likeness (QED) is 0.264. The Hall–Kier alpha value is -0.973. The van der Waals surface area contributed by atoms with Crippen LogP contribution in [-0.4, -0.2) is 18.4 Å². The first-order valence-corrected chi connectivity index (χ1v) is 16.5. The number of nitrogens with zero attached hydrogens (tertiary/aromatic N) is 1. The summed E-state index contributed by atoms with van der Waals surface area (Å²) in [4.78, 5) is 5.11. The van der Waals surface area contributed by atoms with Crippen LogP contribution in [0.2, 0.25) is 18.1 Å². The fourth-order valence-corrected chi connectivity index (χ4v) is 7.09. The van der Waals surface area contributed by atoms with Crippen LogP contribution in [0.15, 0.2) is 24.3 Å². The molecule has 1 aliphatic carbocycles. The molecule has 36 heavy (non-hydrogen) atoms. The molecule has 0 fully saturated rings. The first kappa shape index (κ1) is 29.6. The third-order valence-electron chi connectivity index (χ3n) is 7.64. The van der Waals surface area contributed by atoms with Gasteiger partial charge < -0.3 is 9.53 Å². The van der Waals surface area contributed by atoms with Crippen LogP contribution in [0.5, 0.6) is 0 Å². The average Bonchev–Trinajstić information content (AvgIpc) is 2.70. The van der Waals surface area contributed by atoms with Gasteiger partial charge in [0.2, 0.25) is 0 Å². The van der Waals surface area contributed by atoms with Crippen molar-refractivity contribution >= 4 is 30.9 Å². The van der Waals surface area contributed by atoms with Gasteiger partial charge in [0.1, 0.15) is 6.10 Å². The average molecular weight is 634 g/mol. The summed E-state index contributed by atoms with van der Waals surface area (Å²) in [6.07, 6.45) is -4.00. The van der Waals surface area contributed by atoms with Crippen LogP contribution in [-0.2, 0) is 17.0 Å². The van der Waals surface area contributed by atoms with E-state index in [4.69, 9.17) is 9.41 Å². The highest BCUT2D eigenvalue weighted by molar-refractivity contribution is 14.1. The van der Waals surface area contributed by atoms with E-state index in [0.29, 0.717) is 11.1 Å². The van der Waals surface area contributed by atoms with Crippen molar-refractivity contribution in [3.05, 3.63) is 61.5 Å². The molecular weight excluding hydrogens is 594 g/mol. The molecule has 0 unspecified atom stereocenters. The van der Waals surface area contributed by atoms with Crippen LogP contribution >= 0.6 is 22.6 Å². The zero-order valence-electron chi connectivity index (χ0n) is 22.8. The van der Waals surface area contributed by atoms with Gasteiger partial charge in [-0.3, -0.25) is 4.98 Å². The number of pyridine rings is 1.